The predicted octanol–water partition coefficient (Wildman–Crippen LogP) is 4.20. The maximum Gasteiger partial charge on any atom is 0.213 e. The lowest BCUT2D eigenvalue weighted by molar-refractivity contribution is 0.584. The third-order valence-electron chi connectivity index (χ3n) is 4.99. The zero-order valence-corrected chi connectivity index (χ0v) is 14.7. The molecule has 0 amide bonds. The molecule has 0 saturated carbocycles. The van der Waals surface area contributed by atoms with Crippen LogP contribution in [0.5, 0.6) is 0 Å². The topological polar surface area (TPSA) is 46.3 Å². The van der Waals surface area contributed by atoms with Gasteiger partial charge in [0, 0.05) is 37.1 Å². The van der Waals surface area contributed by atoms with E-state index in [0.29, 0.717) is 0 Å². The van der Waals surface area contributed by atoms with Gasteiger partial charge >= 0.3 is 0 Å². The molecule has 0 radical (unpaired) electrons. The molecule has 5 rings (SSSR count). The van der Waals surface area contributed by atoms with Crippen LogP contribution in [0.3, 0.4) is 0 Å². The van der Waals surface area contributed by atoms with Gasteiger partial charge in [0.2, 0.25) is 5.95 Å². The number of fused-ring (bicyclic) bond motifs is 1. The summed E-state index contributed by atoms with van der Waals surface area (Å²) in [5.74, 6) is 0.511. The SMILES string of the molecule is Fc1cc(-c2c(-c3ccccc3)nn3c(N4CCCC4)ccnc23)ccn1. The van der Waals surface area contributed by atoms with Crippen molar-refractivity contribution in [3.8, 4) is 22.4 Å². The van der Waals surface area contributed by atoms with Gasteiger partial charge < -0.3 is 4.90 Å². The fraction of sp³-hybridized carbons (Fsp3) is 0.190. The number of halogens is 1. The van der Waals surface area contributed by atoms with Crippen LogP contribution in [0, 0.1) is 5.95 Å². The Kier molecular flexibility index (Phi) is 3.81. The summed E-state index contributed by atoms with van der Waals surface area (Å²) in [6.45, 7) is 2.03. The smallest absolute Gasteiger partial charge is 0.213 e. The molecule has 1 saturated heterocycles. The van der Waals surface area contributed by atoms with E-state index in [0.717, 1.165) is 46.9 Å². The highest BCUT2D eigenvalue weighted by molar-refractivity contribution is 5.90. The molecule has 1 aliphatic heterocycles. The van der Waals surface area contributed by atoms with Crippen molar-refractivity contribution in [2.24, 2.45) is 0 Å². The van der Waals surface area contributed by atoms with Crippen molar-refractivity contribution in [2.45, 2.75) is 12.8 Å². The molecule has 0 aliphatic carbocycles. The van der Waals surface area contributed by atoms with Gasteiger partial charge in [-0.25, -0.2) is 9.97 Å². The van der Waals surface area contributed by atoms with E-state index >= 15 is 0 Å². The van der Waals surface area contributed by atoms with Crippen molar-refractivity contribution in [2.75, 3.05) is 18.0 Å². The normalized spacial score (nSPS) is 14.2. The molecular formula is C21H18FN5. The summed E-state index contributed by atoms with van der Waals surface area (Å²) in [5.41, 5.74) is 4.04. The number of pyridine rings is 1. The number of hydrogen-bond acceptors (Lipinski definition) is 4. The number of benzene rings is 1. The Hall–Kier alpha value is -3.28. The van der Waals surface area contributed by atoms with Crippen molar-refractivity contribution in [3.05, 3.63) is 66.9 Å². The summed E-state index contributed by atoms with van der Waals surface area (Å²) in [5, 5.41) is 4.90. The van der Waals surface area contributed by atoms with Crippen LogP contribution in [-0.2, 0) is 0 Å². The number of aromatic nitrogens is 4. The average molecular weight is 359 g/mol. The summed E-state index contributed by atoms with van der Waals surface area (Å²) in [4.78, 5) is 10.6. The second kappa shape index (κ2) is 6.46. The molecule has 134 valence electrons. The molecule has 4 heterocycles. The molecule has 1 aromatic carbocycles. The van der Waals surface area contributed by atoms with Crippen molar-refractivity contribution in [1.29, 1.82) is 0 Å². The molecule has 3 aromatic heterocycles. The van der Waals surface area contributed by atoms with E-state index in [-0.39, 0.29) is 0 Å². The van der Waals surface area contributed by atoms with E-state index in [4.69, 9.17) is 5.10 Å². The van der Waals surface area contributed by atoms with Crippen LogP contribution in [0.15, 0.2) is 60.9 Å². The Labute approximate surface area is 156 Å². The lowest BCUT2D eigenvalue weighted by Crippen LogP contribution is -2.21. The van der Waals surface area contributed by atoms with Gasteiger partial charge in [-0.2, -0.15) is 14.0 Å². The van der Waals surface area contributed by atoms with Crippen LogP contribution in [0.25, 0.3) is 28.0 Å². The highest BCUT2D eigenvalue weighted by Gasteiger charge is 2.22. The minimum atomic E-state index is -0.512. The second-order valence-corrected chi connectivity index (χ2v) is 6.69. The molecular weight excluding hydrogens is 341 g/mol. The first kappa shape index (κ1) is 15.9. The van der Waals surface area contributed by atoms with Gasteiger partial charge in [-0.1, -0.05) is 30.3 Å². The number of nitrogens with zero attached hydrogens (tertiary/aromatic N) is 5. The third-order valence-corrected chi connectivity index (χ3v) is 4.99. The minimum Gasteiger partial charge on any atom is -0.356 e. The zero-order valence-electron chi connectivity index (χ0n) is 14.7. The summed E-state index contributed by atoms with van der Waals surface area (Å²) >= 11 is 0. The number of rotatable bonds is 3. The fourth-order valence-electron chi connectivity index (χ4n) is 3.74. The first-order valence-corrected chi connectivity index (χ1v) is 9.11. The van der Waals surface area contributed by atoms with Crippen LogP contribution < -0.4 is 4.90 Å². The van der Waals surface area contributed by atoms with Gasteiger partial charge in [-0.3, -0.25) is 0 Å². The Morgan fingerprint density at radius 2 is 1.63 bits per heavy atom. The molecule has 27 heavy (non-hydrogen) atoms. The van der Waals surface area contributed by atoms with Gasteiger partial charge in [-0.15, -0.1) is 0 Å². The largest absolute Gasteiger partial charge is 0.356 e. The summed E-state index contributed by atoms with van der Waals surface area (Å²) in [7, 11) is 0. The van der Waals surface area contributed by atoms with Crippen LogP contribution >= 0.6 is 0 Å². The molecule has 5 nitrogen and oxygen atoms in total. The Bertz CT molecular complexity index is 1100. The molecule has 6 heteroatoms. The van der Waals surface area contributed by atoms with Crippen molar-refractivity contribution >= 4 is 11.5 Å². The first-order chi connectivity index (χ1) is 13.3. The zero-order chi connectivity index (χ0) is 18.2. The Morgan fingerprint density at radius 1 is 0.852 bits per heavy atom. The molecule has 0 atom stereocenters. The van der Waals surface area contributed by atoms with Crippen LogP contribution in [0.1, 0.15) is 12.8 Å². The maximum absolute atomic E-state index is 13.9. The number of hydrogen-bond donors (Lipinski definition) is 0. The molecule has 0 spiro atoms. The lowest BCUT2D eigenvalue weighted by Gasteiger charge is -2.17. The standard InChI is InChI=1S/C21H18FN5/c22-17-14-16(8-10-23-17)19-20(15-6-2-1-3-7-15)25-27-18(9-11-24-21(19)27)26-12-4-5-13-26/h1-3,6-11,14H,4-5,12-13H2. The van der Waals surface area contributed by atoms with E-state index in [1.807, 2.05) is 40.9 Å². The third kappa shape index (κ3) is 2.73. The van der Waals surface area contributed by atoms with Gasteiger partial charge in [0.15, 0.2) is 5.65 Å². The van der Waals surface area contributed by atoms with Crippen molar-refractivity contribution in [3.63, 3.8) is 0 Å². The van der Waals surface area contributed by atoms with Gasteiger partial charge in [0.1, 0.15) is 11.5 Å². The summed E-state index contributed by atoms with van der Waals surface area (Å²) in [6, 6.07) is 15.2. The quantitative estimate of drug-likeness (QED) is 0.515. The summed E-state index contributed by atoms with van der Waals surface area (Å²) in [6.07, 6.45) is 5.64. The Balaban J connectivity index is 1.81. The lowest BCUT2D eigenvalue weighted by atomic mass is 10.0. The van der Waals surface area contributed by atoms with Crippen LogP contribution in [0.4, 0.5) is 10.2 Å². The molecule has 4 aromatic rings. The average Bonchev–Trinajstić information content (AvgIpc) is 3.36. The predicted molar refractivity (Wildman–Crippen MR) is 103 cm³/mol. The first-order valence-electron chi connectivity index (χ1n) is 9.11. The number of anilines is 1. The molecule has 1 fully saturated rings. The van der Waals surface area contributed by atoms with Crippen LogP contribution in [-0.4, -0.2) is 32.7 Å². The fourth-order valence-corrected chi connectivity index (χ4v) is 3.74. The summed E-state index contributed by atoms with van der Waals surface area (Å²) < 4.78 is 15.7. The molecule has 0 unspecified atom stereocenters. The molecule has 1 aliphatic rings. The highest BCUT2D eigenvalue weighted by atomic mass is 19.1. The van der Waals surface area contributed by atoms with E-state index < -0.39 is 5.95 Å². The monoisotopic (exact) mass is 359 g/mol. The highest BCUT2D eigenvalue weighted by Crippen LogP contribution is 2.36. The van der Waals surface area contributed by atoms with Crippen LogP contribution in [0.2, 0.25) is 0 Å². The second-order valence-electron chi connectivity index (χ2n) is 6.69. The molecule has 0 N–H and O–H groups in total. The van der Waals surface area contributed by atoms with Gasteiger partial charge in [-0.05, 0) is 30.5 Å². The van der Waals surface area contributed by atoms with Crippen molar-refractivity contribution in [1.82, 2.24) is 19.6 Å². The molecule has 0 bridgehead atoms. The van der Waals surface area contributed by atoms with Crippen molar-refractivity contribution < 1.29 is 4.39 Å². The van der Waals surface area contributed by atoms with E-state index in [1.165, 1.54) is 25.1 Å². The Morgan fingerprint density at radius 3 is 2.41 bits per heavy atom. The minimum absolute atomic E-state index is 0.512. The van der Waals surface area contributed by atoms with E-state index in [1.54, 1.807) is 12.3 Å². The van der Waals surface area contributed by atoms with Gasteiger partial charge in [0.05, 0.1) is 5.56 Å². The van der Waals surface area contributed by atoms with E-state index in [2.05, 4.69) is 14.9 Å². The van der Waals surface area contributed by atoms with E-state index in [9.17, 15) is 4.39 Å². The maximum atomic E-state index is 13.9. The van der Waals surface area contributed by atoms with Gasteiger partial charge in [0.25, 0.3) is 0 Å².